The van der Waals surface area contributed by atoms with Crippen LogP contribution in [0.25, 0.3) is 0 Å². The average Bonchev–Trinajstić information content (AvgIpc) is 2.84. The maximum Gasteiger partial charge on any atom is 0.313 e. The Balaban J connectivity index is 2.20. The van der Waals surface area contributed by atoms with E-state index in [1.807, 2.05) is 0 Å². The molecule has 1 aliphatic rings. The van der Waals surface area contributed by atoms with E-state index in [9.17, 15) is 19.1 Å². The van der Waals surface area contributed by atoms with E-state index in [4.69, 9.17) is 16.3 Å². The van der Waals surface area contributed by atoms with Gasteiger partial charge in [0.05, 0.1) is 12.2 Å². The molecule has 1 aliphatic heterocycles. The van der Waals surface area contributed by atoms with Gasteiger partial charge >= 0.3 is 5.97 Å². The summed E-state index contributed by atoms with van der Waals surface area (Å²) < 4.78 is 18.7. The molecule has 1 N–H and O–H groups in total. The lowest BCUT2D eigenvalue weighted by molar-refractivity contribution is -0.151. The van der Waals surface area contributed by atoms with Crippen molar-refractivity contribution in [3.8, 4) is 0 Å². The fourth-order valence-corrected chi connectivity index (χ4v) is 2.67. The van der Waals surface area contributed by atoms with E-state index in [1.165, 1.54) is 24.1 Å². The molecule has 0 radical (unpaired) electrons. The summed E-state index contributed by atoms with van der Waals surface area (Å²) in [6.45, 7) is 0.253. The van der Waals surface area contributed by atoms with Gasteiger partial charge in [-0.3, -0.25) is 9.59 Å². The molecule has 1 atom stereocenters. The summed E-state index contributed by atoms with van der Waals surface area (Å²) in [5.74, 6) is -2.27. The number of hydrogen-bond acceptors (Lipinski definition) is 3. The first kappa shape index (κ1) is 15.7. The molecule has 1 amide bonds. The molecule has 21 heavy (non-hydrogen) atoms. The van der Waals surface area contributed by atoms with Crippen molar-refractivity contribution in [2.45, 2.75) is 6.42 Å². The molecule has 1 unspecified atom stereocenters. The molecule has 0 saturated carbocycles. The first-order valence-corrected chi connectivity index (χ1v) is 6.74. The summed E-state index contributed by atoms with van der Waals surface area (Å²) in [6, 6.07) is 3.79. The molecule has 1 heterocycles. The molecular weight excluding hydrogens is 301 g/mol. The third kappa shape index (κ3) is 3.01. The lowest BCUT2D eigenvalue weighted by Gasteiger charge is -2.23. The Hall–Kier alpha value is -1.66. The van der Waals surface area contributed by atoms with Gasteiger partial charge in [0, 0.05) is 25.2 Å². The maximum absolute atomic E-state index is 13.8. The first-order chi connectivity index (χ1) is 9.89. The molecule has 0 spiro atoms. The number of likely N-dealkylation sites (tertiary alicyclic amines) is 1. The van der Waals surface area contributed by atoms with E-state index in [1.54, 1.807) is 0 Å². The van der Waals surface area contributed by atoms with Crippen LogP contribution in [-0.2, 0) is 9.53 Å². The summed E-state index contributed by atoms with van der Waals surface area (Å²) >= 11 is 5.65. The van der Waals surface area contributed by atoms with Gasteiger partial charge in [0.25, 0.3) is 5.91 Å². The van der Waals surface area contributed by atoms with Crippen molar-refractivity contribution in [3.05, 3.63) is 34.6 Å². The highest BCUT2D eigenvalue weighted by Gasteiger charge is 2.46. The Morgan fingerprint density at radius 3 is 2.81 bits per heavy atom. The number of carbonyl (C=O) groups is 2. The van der Waals surface area contributed by atoms with Crippen molar-refractivity contribution in [3.63, 3.8) is 0 Å². The Morgan fingerprint density at radius 2 is 2.24 bits per heavy atom. The van der Waals surface area contributed by atoms with Crippen LogP contribution in [0, 0.1) is 11.2 Å². The summed E-state index contributed by atoms with van der Waals surface area (Å²) in [5.41, 5.74) is -1.24. The van der Waals surface area contributed by atoms with Crippen LogP contribution in [0.2, 0.25) is 5.02 Å². The topological polar surface area (TPSA) is 66.8 Å². The second-order valence-corrected chi connectivity index (χ2v) is 5.56. The van der Waals surface area contributed by atoms with Gasteiger partial charge in [0.15, 0.2) is 0 Å². The second-order valence-electron chi connectivity index (χ2n) is 5.12. The minimum absolute atomic E-state index is 0.00290. The monoisotopic (exact) mass is 315 g/mol. The van der Waals surface area contributed by atoms with E-state index in [2.05, 4.69) is 0 Å². The SMILES string of the molecule is COCC1(C(=O)O)CCN(C(=O)c2ccc(Cl)cc2F)C1. The van der Waals surface area contributed by atoms with Crippen molar-refractivity contribution in [2.75, 3.05) is 26.8 Å². The van der Waals surface area contributed by atoms with Crippen LogP contribution in [0.15, 0.2) is 18.2 Å². The Morgan fingerprint density at radius 1 is 1.52 bits per heavy atom. The Bertz CT molecular complexity index is 580. The summed E-state index contributed by atoms with van der Waals surface area (Å²) in [7, 11) is 1.41. The smallest absolute Gasteiger partial charge is 0.313 e. The molecule has 0 aliphatic carbocycles. The number of amides is 1. The summed E-state index contributed by atoms with van der Waals surface area (Å²) in [6.07, 6.45) is 0.275. The number of benzene rings is 1. The van der Waals surface area contributed by atoms with Gasteiger partial charge < -0.3 is 14.7 Å². The molecule has 1 aromatic rings. The van der Waals surface area contributed by atoms with Gasteiger partial charge in [-0.2, -0.15) is 0 Å². The minimum atomic E-state index is -1.13. The van der Waals surface area contributed by atoms with E-state index >= 15 is 0 Å². The number of methoxy groups -OCH3 is 1. The average molecular weight is 316 g/mol. The first-order valence-electron chi connectivity index (χ1n) is 6.36. The summed E-state index contributed by atoms with van der Waals surface area (Å²) in [4.78, 5) is 25.1. The van der Waals surface area contributed by atoms with Crippen molar-refractivity contribution >= 4 is 23.5 Å². The maximum atomic E-state index is 13.8. The van der Waals surface area contributed by atoms with Crippen LogP contribution in [0.3, 0.4) is 0 Å². The molecule has 1 fully saturated rings. The highest BCUT2D eigenvalue weighted by molar-refractivity contribution is 6.30. The lowest BCUT2D eigenvalue weighted by atomic mass is 9.88. The summed E-state index contributed by atoms with van der Waals surface area (Å²) in [5, 5.41) is 9.55. The second kappa shape index (κ2) is 5.99. The quantitative estimate of drug-likeness (QED) is 0.923. The van der Waals surface area contributed by atoms with Crippen molar-refractivity contribution in [1.29, 1.82) is 0 Å². The molecule has 0 bridgehead atoms. The van der Waals surface area contributed by atoms with Gasteiger partial charge in [0.2, 0.25) is 0 Å². The standard InChI is InChI=1S/C14H15ClFNO4/c1-21-8-14(13(19)20)4-5-17(7-14)12(18)10-3-2-9(15)6-11(10)16/h2-3,6H,4-5,7-8H2,1H3,(H,19,20). The predicted octanol–water partition coefficient (Wildman–Crippen LogP) is 2.04. The van der Waals surface area contributed by atoms with Crippen LogP contribution in [-0.4, -0.2) is 48.7 Å². The highest BCUT2D eigenvalue weighted by Crippen LogP contribution is 2.32. The molecule has 1 aromatic carbocycles. The number of hydrogen-bond donors (Lipinski definition) is 1. The fourth-order valence-electron chi connectivity index (χ4n) is 2.51. The molecule has 114 valence electrons. The molecule has 7 heteroatoms. The van der Waals surface area contributed by atoms with Crippen LogP contribution in [0.5, 0.6) is 0 Å². The molecule has 0 aromatic heterocycles. The van der Waals surface area contributed by atoms with Crippen LogP contribution < -0.4 is 0 Å². The number of carbonyl (C=O) groups excluding carboxylic acids is 1. The number of carboxylic acids is 1. The molecular formula is C14H15ClFNO4. The number of ether oxygens (including phenoxy) is 1. The number of aliphatic carboxylic acids is 1. The lowest BCUT2D eigenvalue weighted by Crippen LogP contribution is -2.40. The zero-order valence-electron chi connectivity index (χ0n) is 11.4. The molecule has 5 nitrogen and oxygen atoms in total. The minimum Gasteiger partial charge on any atom is -0.481 e. The van der Waals surface area contributed by atoms with Crippen molar-refractivity contribution in [1.82, 2.24) is 4.90 Å². The fraction of sp³-hybridized carbons (Fsp3) is 0.429. The largest absolute Gasteiger partial charge is 0.481 e. The predicted molar refractivity (Wildman–Crippen MR) is 73.9 cm³/mol. The van der Waals surface area contributed by atoms with E-state index in [0.29, 0.717) is 0 Å². The molecule has 2 rings (SSSR count). The Kier molecular flexibility index (Phi) is 4.49. The molecule has 1 saturated heterocycles. The highest BCUT2D eigenvalue weighted by atomic mass is 35.5. The number of halogens is 2. The zero-order valence-corrected chi connectivity index (χ0v) is 12.2. The third-order valence-corrected chi connectivity index (χ3v) is 3.91. The van der Waals surface area contributed by atoms with Crippen molar-refractivity contribution in [2.24, 2.45) is 5.41 Å². The normalized spacial score (nSPS) is 21.6. The van der Waals surface area contributed by atoms with E-state index in [0.717, 1.165) is 6.07 Å². The number of nitrogens with zero attached hydrogens (tertiary/aromatic N) is 1. The third-order valence-electron chi connectivity index (χ3n) is 3.68. The van der Waals surface area contributed by atoms with Crippen LogP contribution >= 0.6 is 11.6 Å². The van der Waals surface area contributed by atoms with Gasteiger partial charge in [-0.25, -0.2) is 4.39 Å². The Labute approximate surface area is 126 Å². The van der Waals surface area contributed by atoms with Crippen LogP contribution in [0.1, 0.15) is 16.8 Å². The zero-order chi connectivity index (χ0) is 15.6. The van der Waals surface area contributed by atoms with Gasteiger partial charge in [-0.1, -0.05) is 11.6 Å². The van der Waals surface area contributed by atoms with Crippen LogP contribution in [0.4, 0.5) is 4.39 Å². The number of carboxylic acid groups (broad SMARTS) is 1. The van der Waals surface area contributed by atoms with Gasteiger partial charge in [-0.15, -0.1) is 0 Å². The van der Waals surface area contributed by atoms with Gasteiger partial charge in [-0.05, 0) is 24.6 Å². The van der Waals surface area contributed by atoms with E-state index in [-0.39, 0.29) is 36.7 Å². The van der Waals surface area contributed by atoms with Crippen molar-refractivity contribution < 1.29 is 23.8 Å². The van der Waals surface area contributed by atoms with Gasteiger partial charge in [0.1, 0.15) is 11.2 Å². The number of rotatable bonds is 4. The van der Waals surface area contributed by atoms with E-state index < -0.39 is 23.1 Å².